The highest BCUT2D eigenvalue weighted by Crippen LogP contribution is 2.16. The van der Waals surface area contributed by atoms with Crippen LogP contribution in [0.2, 0.25) is 0 Å². The quantitative estimate of drug-likeness (QED) is 0.745. The van der Waals surface area contributed by atoms with Crippen molar-refractivity contribution < 1.29 is 4.74 Å². The summed E-state index contributed by atoms with van der Waals surface area (Å²) in [5.41, 5.74) is 1.12. The summed E-state index contributed by atoms with van der Waals surface area (Å²) in [7, 11) is 0. The Morgan fingerprint density at radius 3 is 2.76 bits per heavy atom. The molecule has 17 heavy (non-hydrogen) atoms. The number of aromatic nitrogens is 3. The molecule has 0 aliphatic rings. The van der Waals surface area contributed by atoms with Crippen molar-refractivity contribution in [2.45, 2.75) is 6.61 Å². The van der Waals surface area contributed by atoms with Crippen LogP contribution < -0.4 is 4.74 Å². The van der Waals surface area contributed by atoms with E-state index in [1.807, 2.05) is 12.1 Å². The van der Waals surface area contributed by atoms with Crippen LogP contribution in [0.15, 0.2) is 48.7 Å². The van der Waals surface area contributed by atoms with Crippen LogP contribution in [0.5, 0.6) is 5.88 Å². The van der Waals surface area contributed by atoms with Gasteiger partial charge < -0.3 is 4.74 Å². The van der Waals surface area contributed by atoms with E-state index in [4.69, 9.17) is 4.74 Å². The van der Waals surface area contributed by atoms with E-state index in [-0.39, 0.29) is 0 Å². The molecule has 1 heterocycles. The van der Waals surface area contributed by atoms with Gasteiger partial charge in [-0.15, -0.1) is 5.10 Å². The summed E-state index contributed by atoms with van der Waals surface area (Å²) in [5.74, 6) is 0.512. The van der Waals surface area contributed by atoms with Gasteiger partial charge in [0.15, 0.2) is 0 Å². The number of nitrogens with zero attached hydrogens (tertiary/aromatic N) is 2. The fourth-order valence-electron chi connectivity index (χ4n) is 1.75. The molecule has 1 N–H and O–H groups in total. The Labute approximate surface area is 98.2 Å². The second-order valence-electron chi connectivity index (χ2n) is 3.78. The molecule has 0 aliphatic carbocycles. The normalized spacial score (nSPS) is 10.6. The summed E-state index contributed by atoms with van der Waals surface area (Å²) in [5, 5.41) is 12.5. The van der Waals surface area contributed by atoms with Crippen molar-refractivity contribution in [3.8, 4) is 5.88 Å². The molecule has 0 bridgehead atoms. The minimum absolute atomic E-state index is 0.497. The predicted octanol–water partition coefficient (Wildman–Crippen LogP) is 2.54. The number of nitrogens with one attached hydrogen (secondary N) is 1. The predicted molar refractivity (Wildman–Crippen MR) is 64.7 cm³/mol. The van der Waals surface area contributed by atoms with Crippen LogP contribution in [-0.4, -0.2) is 15.4 Å². The molecule has 0 unspecified atom stereocenters. The monoisotopic (exact) mass is 225 g/mol. The number of hydrogen-bond acceptors (Lipinski definition) is 3. The molecule has 0 radical (unpaired) electrons. The van der Waals surface area contributed by atoms with E-state index < -0.39 is 0 Å². The van der Waals surface area contributed by atoms with Crippen LogP contribution >= 0.6 is 0 Å². The summed E-state index contributed by atoms with van der Waals surface area (Å²) in [6.45, 7) is 0.497. The number of rotatable bonds is 3. The molecule has 1 aromatic heterocycles. The molecule has 0 saturated carbocycles. The lowest BCUT2D eigenvalue weighted by atomic mass is 10.1. The third kappa shape index (κ3) is 2.10. The molecule has 4 heteroatoms. The molecule has 0 atom stereocenters. The first-order chi connectivity index (χ1) is 8.42. The first-order valence-electron chi connectivity index (χ1n) is 5.38. The fraction of sp³-hybridized carbons (Fsp3) is 0.0769. The van der Waals surface area contributed by atoms with E-state index in [9.17, 15) is 0 Å². The zero-order valence-electron chi connectivity index (χ0n) is 9.13. The van der Waals surface area contributed by atoms with Crippen LogP contribution in [0.4, 0.5) is 0 Å². The van der Waals surface area contributed by atoms with E-state index in [2.05, 4.69) is 45.7 Å². The Morgan fingerprint density at radius 2 is 1.94 bits per heavy atom. The van der Waals surface area contributed by atoms with Crippen LogP contribution in [0.25, 0.3) is 10.8 Å². The van der Waals surface area contributed by atoms with Gasteiger partial charge in [-0.2, -0.15) is 10.3 Å². The fourth-order valence-corrected chi connectivity index (χ4v) is 1.75. The number of ether oxygens (including phenoxy) is 1. The number of aromatic amines is 1. The van der Waals surface area contributed by atoms with Crippen molar-refractivity contribution in [1.82, 2.24) is 15.4 Å². The Bertz CT molecular complexity index is 619. The van der Waals surface area contributed by atoms with Gasteiger partial charge in [-0.3, -0.25) is 0 Å². The molecule has 3 rings (SSSR count). The molecule has 0 amide bonds. The van der Waals surface area contributed by atoms with Crippen LogP contribution in [0.3, 0.4) is 0 Å². The highest BCUT2D eigenvalue weighted by Gasteiger charge is 1.99. The van der Waals surface area contributed by atoms with Gasteiger partial charge >= 0.3 is 0 Å². The average molecular weight is 225 g/mol. The van der Waals surface area contributed by atoms with Gasteiger partial charge in [0.1, 0.15) is 12.8 Å². The minimum Gasteiger partial charge on any atom is -0.471 e. The lowest BCUT2D eigenvalue weighted by Crippen LogP contribution is -1.95. The Balaban J connectivity index is 1.81. The number of fused-ring (bicyclic) bond motifs is 1. The van der Waals surface area contributed by atoms with Crippen molar-refractivity contribution in [3.63, 3.8) is 0 Å². The molecule has 3 aromatic rings. The zero-order chi connectivity index (χ0) is 11.5. The highest BCUT2D eigenvalue weighted by molar-refractivity contribution is 5.82. The van der Waals surface area contributed by atoms with Gasteiger partial charge in [0.05, 0.1) is 0 Å². The van der Waals surface area contributed by atoms with Gasteiger partial charge in [-0.05, 0) is 22.4 Å². The van der Waals surface area contributed by atoms with Crippen LogP contribution in [0.1, 0.15) is 5.56 Å². The van der Waals surface area contributed by atoms with Gasteiger partial charge in [0.25, 0.3) is 5.88 Å². The summed E-state index contributed by atoms with van der Waals surface area (Å²) in [4.78, 5) is 0. The summed E-state index contributed by atoms with van der Waals surface area (Å²) >= 11 is 0. The van der Waals surface area contributed by atoms with E-state index in [1.165, 1.54) is 10.8 Å². The molecule has 0 saturated heterocycles. The first-order valence-corrected chi connectivity index (χ1v) is 5.38. The Hall–Kier alpha value is -2.36. The average Bonchev–Trinajstić information content (AvgIpc) is 2.89. The minimum atomic E-state index is 0.497. The van der Waals surface area contributed by atoms with E-state index in [0.717, 1.165) is 5.56 Å². The van der Waals surface area contributed by atoms with Gasteiger partial charge in [-0.1, -0.05) is 36.4 Å². The van der Waals surface area contributed by atoms with Gasteiger partial charge in [-0.25, -0.2) is 0 Å². The standard InChI is InChI=1S/C13H11N3O/c1-2-4-12-7-10(5-6-11(12)3-1)9-17-13-8-14-16-15-13/h1-8H,9H2,(H,14,15,16). The van der Waals surface area contributed by atoms with E-state index in [1.54, 1.807) is 6.20 Å². The smallest absolute Gasteiger partial charge is 0.253 e. The van der Waals surface area contributed by atoms with Crippen molar-refractivity contribution in [3.05, 3.63) is 54.2 Å². The molecular weight excluding hydrogens is 214 g/mol. The van der Waals surface area contributed by atoms with E-state index >= 15 is 0 Å². The zero-order valence-corrected chi connectivity index (χ0v) is 9.13. The molecule has 84 valence electrons. The SMILES string of the molecule is c1ccc2cc(COc3cn[nH]n3)ccc2c1. The summed E-state index contributed by atoms with van der Waals surface area (Å²) < 4.78 is 5.48. The largest absolute Gasteiger partial charge is 0.471 e. The van der Waals surface area contributed by atoms with Crippen LogP contribution in [-0.2, 0) is 6.61 Å². The number of benzene rings is 2. The lowest BCUT2D eigenvalue weighted by Gasteiger charge is -2.04. The molecular formula is C13H11N3O. The molecule has 0 fully saturated rings. The second-order valence-corrected chi connectivity index (χ2v) is 3.78. The number of H-pyrrole nitrogens is 1. The lowest BCUT2D eigenvalue weighted by molar-refractivity contribution is 0.293. The molecule has 2 aromatic carbocycles. The van der Waals surface area contributed by atoms with Gasteiger partial charge in [0, 0.05) is 0 Å². The van der Waals surface area contributed by atoms with Crippen LogP contribution in [0, 0.1) is 0 Å². The second kappa shape index (κ2) is 4.25. The Kier molecular flexibility index (Phi) is 2.46. The van der Waals surface area contributed by atoms with Crippen molar-refractivity contribution in [2.24, 2.45) is 0 Å². The maximum Gasteiger partial charge on any atom is 0.253 e. The summed E-state index contributed by atoms with van der Waals surface area (Å²) in [6, 6.07) is 14.5. The summed E-state index contributed by atoms with van der Waals surface area (Å²) in [6.07, 6.45) is 1.56. The topological polar surface area (TPSA) is 50.8 Å². The maximum absolute atomic E-state index is 5.48. The number of hydrogen-bond donors (Lipinski definition) is 1. The molecule has 4 nitrogen and oxygen atoms in total. The van der Waals surface area contributed by atoms with Crippen molar-refractivity contribution in [1.29, 1.82) is 0 Å². The maximum atomic E-state index is 5.48. The van der Waals surface area contributed by atoms with E-state index in [0.29, 0.717) is 12.5 Å². The Morgan fingerprint density at radius 1 is 1.06 bits per heavy atom. The first kappa shape index (κ1) is 9.84. The van der Waals surface area contributed by atoms with Crippen molar-refractivity contribution >= 4 is 10.8 Å². The molecule has 0 spiro atoms. The van der Waals surface area contributed by atoms with Gasteiger partial charge in [0.2, 0.25) is 0 Å². The highest BCUT2D eigenvalue weighted by atomic mass is 16.5. The third-order valence-electron chi connectivity index (χ3n) is 2.59. The molecule has 0 aliphatic heterocycles. The third-order valence-corrected chi connectivity index (χ3v) is 2.59. The van der Waals surface area contributed by atoms with Crippen molar-refractivity contribution in [2.75, 3.05) is 0 Å².